The molecule has 4 rings (SSSR count). The molecular weight excluding hydrogens is 320 g/mol. The van der Waals surface area contributed by atoms with E-state index in [1.54, 1.807) is 0 Å². The van der Waals surface area contributed by atoms with Crippen LogP contribution in [0.15, 0.2) is 30.3 Å². The van der Waals surface area contributed by atoms with E-state index in [9.17, 15) is 0 Å². The van der Waals surface area contributed by atoms with Crippen molar-refractivity contribution in [1.82, 2.24) is 9.88 Å². The van der Waals surface area contributed by atoms with E-state index in [4.69, 9.17) is 10.7 Å². The standard InChI is InChI=1S/C22H32N4/c1-22(2)16-25(13-10-20(22)23)15-18-14-17-8-4-5-9-19(17)24-21(18)26-11-6-3-7-12-26/h4-5,8-9,14,20H,3,6-7,10-13,15-16,23H2,1-2H3. The number of hydrogen-bond donors (Lipinski definition) is 1. The maximum atomic E-state index is 6.34. The molecule has 0 bridgehead atoms. The number of likely N-dealkylation sites (tertiary alicyclic amines) is 1. The highest BCUT2D eigenvalue weighted by molar-refractivity contribution is 5.81. The highest BCUT2D eigenvalue weighted by atomic mass is 15.2. The van der Waals surface area contributed by atoms with Crippen molar-refractivity contribution in [2.45, 2.75) is 52.1 Å². The van der Waals surface area contributed by atoms with Gasteiger partial charge in [-0.05, 0) is 43.2 Å². The van der Waals surface area contributed by atoms with Gasteiger partial charge in [0.25, 0.3) is 0 Å². The third kappa shape index (κ3) is 3.58. The van der Waals surface area contributed by atoms with Gasteiger partial charge in [0.1, 0.15) is 5.82 Å². The van der Waals surface area contributed by atoms with Gasteiger partial charge in [-0.2, -0.15) is 0 Å². The smallest absolute Gasteiger partial charge is 0.133 e. The minimum Gasteiger partial charge on any atom is -0.356 e. The fourth-order valence-corrected chi connectivity index (χ4v) is 4.51. The summed E-state index contributed by atoms with van der Waals surface area (Å²) in [5.74, 6) is 1.20. The first-order valence-electron chi connectivity index (χ1n) is 10.1. The Morgan fingerprint density at radius 3 is 2.65 bits per heavy atom. The van der Waals surface area contributed by atoms with Gasteiger partial charge in [0.2, 0.25) is 0 Å². The Bertz CT molecular complexity index is 764. The molecular formula is C22H32N4. The van der Waals surface area contributed by atoms with Gasteiger partial charge in [0, 0.05) is 49.7 Å². The molecule has 0 radical (unpaired) electrons. The van der Waals surface area contributed by atoms with Crippen LogP contribution in [0.1, 0.15) is 45.1 Å². The molecule has 2 N–H and O–H groups in total. The molecule has 1 atom stereocenters. The van der Waals surface area contributed by atoms with Crippen LogP contribution in [-0.2, 0) is 6.54 Å². The first kappa shape index (κ1) is 17.7. The van der Waals surface area contributed by atoms with Crippen molar-refractivity contribution in [2.75, 3.05) is 31.1 Å². The lowest BCUT2D eigenvalue weighted by Crippen LogP contribution is -2.52. The molecule has 2 fully saturated rings. The van der Waals surface area contributed by atoms with Crippen molar-refractivity contribution in [3.8, 4) is 0 Å². The number of para-hydroxylation sites is 1. The number of benzene rings is 1. The number of aromatic nitrogens is 1. The molecule has 0 spiro atoms. The average molecular weight is 353 g/mol. The summed E-state index contributed by atoms with van der Waals surface area (Å²) >= 11 is 0. The number of fused-ring (bicyclic) bond motifs is 1. The molecule has 0 aliphatic carbocycles. The van der Waals surface area contributed by atoms with Crippen molar-refractivity contribution >= 4 is 16.7 Å². The summed E-state index contributed by atoms with van der Waals surface area (Å²) in [6.45, 7) is 9.97. The third-order valence-electron chi connectivity index (χ3n) is 6.22. The van der Waals surface area contributed by atoms with Crippen LogP contribution in [-0.4, -0.2) is 42.1 Å². The second-order valence-corrected chi connectivity index (χ2v) is 8.81. The summed E-state index contributed by atoms with van der Waals surface area (Å²) in [5.41, 5.74) is 9.00. The Labute approximate surface area is 157 Å². The Morgan fingerprint density at radius 1 is 1.12 bits per heavy atom. The lowest BCUT2D eigenvalue weighted by molar-refractivity contribution is 0.0899. The van der Waals surface area contributed by atoms with Gasteiger partial charge in [-0.3, -0.25) is 4.90 Å². The molecule has 1 aromatic heterocycles. The monoisotopic (exact) mass is 352 g/mol. The van der Waals surface area contributed by atoms with Crippen LogP contribution in [0.25, 0.3) is 10.9 Å². The topological polar surface area (TPSA) is 45.4 Å². The maximum absolute atomic E-state index is 6.34. The Kier molecular flexibility index (Phi) is 4.89. The quantitative estimate of drug-likeness (QED) is 0.913. The van der Waals surface area contributed by atoms with Gasteiger partial charge in [-0.25, -0.2) is 4.98 Å². The fourth-order valence-electron chi connectivity index (χ4n) is 4.51. The number of nitrogens with zero attached hydrogens (tertiary/aromatic N) is 3. The Morgan fingerprint density at radius 2 is 1.88 bits per heavy atom. The van der Waals surface area contributed by atoms with E-state index in [0.29, 0.717) is 6.04 Å². The molecule has 1 aromatic carbocycles. The van der Waals surface area contributed by atoms with Crippen molar-refractivity contribution in [1.29, 1.82) is 0 Å². The first-order valence-corrected chi connectivity index (χ1v) is 10.1. The van der Waals surface area contributed by atoms with Crippen LogP contribution >= 0.6 is 0 Å². The highest BCUT2D eigenvalue weighted by Crippen LogP contribution is 2.32. The molecule has 4 heteroatoms. The van der Waals surface area contributed by atoms with Crippen molar-refractivity contribution < 1.29 is 0 Å². The van der Waals surface area contributed by atoms with Crippen molar-refractivity contribution in [3.63, 3.8) is 0 Å². The fraction of sp³-hybridized carbons (Fsp3) is 0.591. The predicted octanol–water partition coefficient (Wildman–Crippen LogP) is 3.78. The number of pyridine rings is 1. The summed E-state index contributed by atoms with van der Waals surface area (Å²) in [6, 6.07) is 11.2. The van der Waals surface area contributed by atoms with Crippen LogP contribution in [0.5, 0.6) is 0 Å². The van der Waals surface area contributed by atoms with E-state index >= 15 is 0 Å². The summed E-state index contributed by atoms with van der Waals surface area (Å²) in [7, 11) is 0. The maximum Gasteiger partial charge on any atom is 0.133 e. The molecule has 2 aromatic rings. The zero-order chi connectivity index (χ0) is 18.1. The minimum atomic E-state index is 0.174. The molecule has 2 saturated heterocycles. The summed E-state index contributed by atoms with van der Waals surface area (Å²) in [5, 5.41) is 1.25. The van der Waals surface area contributed by atoms with E-state index < -0.39 is 0 Å². The van der Waals surface area contributed by atoms with Crippen LogP contribution in [0.2, 0.25) is 0 Å². The number of rotatable bonds is 3. The summed E-state index contributed by atoms with van der Waals surface area (Å²) in [6.07, 6.45) is 4.98. The SMILES string of the molecule is CC1(C)CN(Cc2cc3ccccc3nc2N2CCCCC2)CCC1N. The number of anilines is 1. The number of piperidine rings is 2. The summed E-state index contributed by atoms with van der Waals surface area (Å²) < 4.78 is 0. The molecule has 0 saturated carbocycles. The van der Waals surface area contributed by atoms with Crippen molar-refractivity contribution in [3.05, 3.63) is 35.9 Å². The zero-order valence-corrected chi connectivity index (χ0v) is 16.2. The van der Waals surface area contributed by atoms with Gasteiger partial charge in [-0.1, -0.05) is 32.0 Å². The molecule has 140 valence electrons. The van der Waals surface area contributed by atoms with Gasteiger partial charge in [0.05, 0.1) is 5.52 Å². The van der Waals surface area contributed by atoms with Crippen LogP contribution in [0.4, 0.5) is 5.82 Å². The lowest BCUT2D eigenvalue weighted by atomic mass is 9.79. The Balaban J connectivity index is 1.66. The van der Waals surface area contributed by atoms with E-state index in [1.807, 2.05) is 0 Å². The molecule has 2 aliphatic rings. The largest absolute Gasteiger partial charge is 0.356 e. The van der Waals surface area contributed by atoms with E-state index in [2.05, 4.69) is 54.0 Å². The molecule has 0 amide bonds. The molecule has 3 heterocycles. The second kappa shape index (κ2) is 7.16. The molecule has 2 aliphatic heterocycles. The van der Waals surface area contributed by atoms with Gasteiger partial charge in [0.15, 0.2) is 0 Å². The van der Waals surface area contributed by atoms with Crippen LogP contribution in [0.3, 0.4) is 0 Å². The van der Waals surface area contributed by atoms with Gasteiger partial charge >= 0.3 is 0 Å². The summed E-state index contributed by atoms with van der Waals surface area (Å²) in [4.78, 5) is 10.2. The van der Waals surface area contributed by atoms with E-state index in [1.165, 1.54) is 36.0 Å². The third-order valence-corrected chi connectivity index (χ3v) is 6.22. The molecule has 4 nitrogen and oxygen atoms in total. The number of nitrogens with two attached hydrogens (primary N) is 1. The van der Waals surface area contributed by atoms with E-state index in [0.717, 1.165) is 44.7 Å². The average Bonchev–Trinajstić information content (AvgIpc) is 2.65. The predicted molar refractivity (Wildman–Crippen MR) is 109 cm³/mol. The van der Waals surface area contributed by atoms with Gasteiger partial charge < -0.3 is 10.6 Å². The Hall–Kier alpha value is -1.65. The lowest BCUT2D eigenvalue weighted by Gasteiger charge is -2.43. The van der Waals surface area contributed by atoms with Gasteiger partial charge in [-0.15, -0.1) is 0 Å². The van der Waals surface area contributed by atoms with Crippen molar-refractivity contribution in [2.24, 2.45) is 11.1 Å². The van der Waals surface area contributed by atoms with Crippen LogP contribution < -0.4 is 10.6 Å². The first-order chi connectivity index (χ1) is 12.5. The highest BCUT2D eigenvalue weighted by Gasteiger charge is 2.33. The van der Waals surface area contributed by atoms with E-state index in [-0.39, 0.29) is 5.41 Å². The normalized spacial score (nSPS) is 24.1. The molecule has 1 unspecified atom stereocenters. The zero-order valence-electron chi connectivity index (χ0n) is 16.2. The number of hydrogen-bond acceptors (Lipinski definition) is 4. The van der Waals surface area contributed by atoms with Crippen LogP contribution in [0, 0.1) is 5.41 Å². The molecule has 26 heavy (non-hydrogen) atoms. The second-order valence-electron chi connectivity index (χ2n) is 8.81. The minimum absolute atomic E-state index is 0.174.